The van der Waals surface area contributed by atoms with Gasteiger partial charge in [0.2, 0.25) is 5.95 Å². The minimum absolute atomic E-state index is 0.624. The molecule has 22 heavy (non-hydrogen) atoms. The molecule has 4 nitrogen and oxygen atoms in total. The molecule has 2 heterocycles. The second-order valence-electron chi connectivity index (χ2n) is 6.62. The molecule has 0 unspecified atom stereocenters. The molecule has 3 rings (SSSR count). The average molecular weight is 298 g/mol. The van der Waals surface area contributed by atoms with E-state index in [1.165, 1.54) is 32.5 Å². The van der Waals surface area contributed by atoms with Crippen LogP contribution in [-0.2, 0) is 0 Å². The molecule has 0 aliphatic carbocycles. The zero-order valence-electron chi connectivity index (χ0n) is 13.9. The van der Waals surface area contributed by atoms with Gasteiger partial charge in [-0.05, 0) is 44.8 Å². The van der Waals surface area contributed by atoms with Crippen molar-refractivity contribution in [3.05, 3.63) is 30.0 Å². The van der Waals surface area contributed by atoms with Gasteiger partial charge in [-0.15, -0.1) is 0 Å². The molecule has 0 N–H and O–H groups in total. The number of likely N-dealkylation sites (tertiary alicyclic amines) is 1. The second kappa shape index (κ2) is 6.61. The van der Waals surface area contributed by atoms with Gasteiger partial charge in [0.25, 0.3) is 0 Å². The maximum absolute atomic E-state index is 4.72. The summed E-state index contributed by atoms with van der Waals surface area (Å²) >= 11 is 0. The van der Waals surface area contributed by atoms with E-state index in [0.29, 0.717) is 5.92 Å². The minimum Gasteiger partial charge on any atom is -0.344 e. The van der Waals surface area contributed by atoms with Crippen molar-refractivity contribution in [1.82, 2.24) is 14.9 Å². The van der Waals surface area contributed by atoms with E-state index in [9.17, 15) is 0 Å². The van der Waals surface area contributed by atoms with Gasteiger partial charge in [0, 0.05) is 25.5 Å². The van der Waals surface area contributed by atoms with Gasteiger partial charge in [0.15, 0.2) is 0 Å². The van der Waals surface area contributed by atoms with Crippen LogP contribution in [0.5, 0.6) is 0 Å². The molecule has 1 aliphatic heterocycles. The Hall–Kier alpha value is -1.68. The summed E-state index contributed by atoms with van der Waals surface area (Å²) < 4.78 is 0. The van der Waals surface area contributed by atoms with Crippen LogP contribution in [0, 0.1) is 12.8 Å². The largest absolute Gasteiger partial charge is 0.344 e. The summed E-state index contributed by atoms with van der Waals surface area (Å²) in [6, 6.07) is 8.23. The number of para-hydroxylation sites is 1. The first-order valence-corrected chi connectivity index (χ1v) is 8.30. The summed E-state index contributed by atoms with van der Waals surface area (Å²) in [5.41, 5.74) is 2.09. The van der Waals surface area contributed by atoms with Crippen LogP contribution in [0.3, 0.4) is 0 Å². The number of hydrogen-bond donors (Lipinski definition) is 0. The highest BCUT2D eigenvalue weighted by Crippen LogP contribution is 2.19. The summed E-state index contributed by atoms with van der Waals surface area (Å²) in [5, 5.41) is 1.14. The molecule has 0 bridgehead atoms. The highest BCUT2D eigenvalue weighted by atomic mass is 15.2. The summed E-state index contributed by atoms with van der Waals surface area (Å²) in [4.78, 5) is 14.2. The van der Waals surface area contributed by atoms with Gasteiger partial charge in [-0.3, -0.25) is 0 Å². The molecule has 2 aromatic rings. The Morgan fingerprint density at radius 1 is 1.18 bits per heavy atom. The predicted molar refractivity (Wildman–Crippen MR) is 92.4 cm³/mol. The molecule has 1 fully saturated rings. The topological polar surface area (TPSA) is 32.3 Å². The van der Waals surface area contributed by atoms with Crippen LogP contribution in [0.2, 0.25) is 0 Å². The number of nitrogens with zero attached hydrogens (tertiary/aromatic N) is 4. The fraction of sp³-hybridized carbons (Fsp3) is 0.556. The molecule has 1 saturated heterocycles. The van der Waals surface area contributed by atoms with Crippen LogP contribution in [0.1, 0.15) is 25.5 Å². The van der Waals surface area contributed by atoms with Crippen molar-refractivity contribution in [2.75, 3.05) is 38.1 Å². The van der Waals surface area contributed by atoms with Crippen LogP contribution in [0.4, 0.5) is 5.95 Å². The minimum atomic E-state index is 0.624. The number of anilines is 1. The van der Waals surface area contributed by atoms with E-state index in [4.69, 9.17) is 4.98 Å². The lowest BCUT2D eigenvalue weighted by atomic mass is 10.1. The Bertz CT molecular complexity index is 634. The molecule has 0 radical (unpaired) electrons. The first-order valence-electron chi connectivity index (χ1n) is 8.30. The number of hydrogen-bond acceptors (Lipinski definition) is 4. The summed E-state index contributed by atoms with van der Waals surface area (Å²) in [5.74, 6) is 1.46. The number of aryl methyl sites for hydroxylation is 1. The third-order valence-electron chi connectivity index (χ3n) is 4.48. The fourth-order valence-electron chi connectivity index (χ4n) is 3.40. The van der Waals surface area contributed by atoms with Gasteiger partial charge in [-0.2, -0.15) is 0 Å². The molecule has 1 atom stereocenters. The Morgan fingerprint density at radius 3 is 2.68 bits per heavy atom. The van der Waals surface area contributed by atoms with E-state index in [1.807, 2.05) is 12.1 Å². The standard InChI is InChI=1S/C18H26N4/c1-14(13-22-10-6-7-11-22)12-21(3)18-19-15(2)16-8-4-5-9-17(16)20-18/h4-5,8-9,14H,6-7,10-13H2,1-3H3/t14-/m1/s1. The number of rotatable bonds is 5. The lowest BCUT2D eigenvalue weighted by molar-refractivity contribution is 0.290. The van der Waals surface area contributed by atoms with Gasteiger partial charge < -0.3 is 9.80 Å². The van der Waals surface area contributed by atoms with Crippen LogP contribution in [0.25, 0.3) is 10.9 Å². The molecule has 118 valence electrons. The highest BCUT2D eigenvalue weighted by Gasteiger charge is 2.17. The van der Waals surface area contributed by atoms with E-state index in [0.717, 1.165) is 29.1 Å². The molecular weight excluding hydrogens is 272 g/mol. The van der Waals surface area contributed by atoms with Crippen molar-refractivity contribution in [3.63, 3.8) is 0 Å². The molecule has 1 aromatic carbocycles. The van der Waals surface area contributed by atoms with Crippen LogP contribution < -0.4 is 4.90 Å². The Kier molecular flexibility index (Phi) is 4.57. The summed E-state index contributed by atoms with van der Waals surface area (Å²) in [6.45, 7) is 9.09. The van der Waals surface area contributed by atoms with E-state index in [1.54, 1.807) is 0 Å². The van der Waals surface area contributed by atoms with Gasteiger partial charge in [-0.1, -0.05) is 25.1 Å². The molecule has 4 heteroatoms. The molecule has 0 spiro atoms. The van der Waals surface area contributed by atoms with Crippen LogP contribution >= 0.6 is 0 Å². The molecule has 1 aliphatic rings. The van der Waals surface area contributed by atoms with Crippen molar-refractivity contribution in [3.8, 4) is 0 Å². The zero-order valence-corrected chi connectivity index (χ0v) is 13.9. The third-order valence-corrected chi connectivity index (χ3v) is 4.48. The number of aromatic nitrogens is 2. The Morgan fingerprint density at radius 2 is 1.91 bits per heavy atom. The van der Waals surface area contributed by atoms with Crippen molar-refractivity contribution in [1.29, 1.82) is 0 Å². The predicted octanol–water partition coefficient (Wildman–Crippen LogP) is 3.11. The van der Waals surface area contributed by atoms with Crippen molar-refractivity contribution >= 4 is 16.9 Å². The lowest BCUT2D eigenvalue weighted by Gasteiger charge is -2.25. The Labute approximate surface area is 133 Å². The quantitative estimate of drug-likeness (QED) is 0.849. The highest BCUT2D eigenvalue weighted by molar-refractivity contribution is 5.81. The molecule has 1 aromatic heterocycles. The average Bonchev–Trinajstić information content (AvgIpc) is 3.00. The SMILES string of the molecule is Cc1nc(N(C)C[C@@H](C)CN2CCCC2)nc2ccccc12. The maximum atomic E-state index is 4.72. The van der Waals surface area contributed by atoms with Crippen LogP contribution in [-0.4, -0.2) is 48.1 Å². The second-order valence-corrected chi connectivity index (χ2v) is 6.62. The number of fused-ring (bicyclic) bond motifs is 1. The fourth-order valence-corrected chi connectivity index (χ4v) is 3.40. The zero-order chi connectivity index (χ0) is 15.5. The lowest BCUT2D eigenvalue weighted by Crippen LogP contribution is -2.33. The van der Waals surface area contributed by atoms with Gasteiger partial charge >= 0.3 is 0 Å². The van der Waals surface area contributed by atoms with Gasteiger partial charge in [0.05, 0.1) is 11.2 Å². The monoisotopic (exact) mass is 298 g/mol. The normalized spacial score (nSPS) is 17.0. The first-order chi connectivity index (χ1) is 10.6. The molecule has 0 saturated carbocycles. The van der Waals surface area contributed by atoms with E-state index in [-0.39, 0.29) is 0 Å². The Balaban J connectivity index is 1.70. The van der Waals surface area contributed by atoms with E-state index >= 15 is 0 Å². The molecule has 0 amide bonds. The van der Waals surface area contributed by atoms with E-state index < -0.39 is 0 Å². The smallest absolute Gasteiger partial charge is 0.225 e. The molecular formula is C18H26N4. The van der Waals surface area contributed by atoms with Crippen LogP contribution in [0.15, 0.2) is 24.3 Å². The maximum Gasteiger partial charge on any atom is 0.225 e. The van der Waals surface area contributed by atoms with Crippen molar-refractivity contribution < 1.29 is 0 Å². The van der Waals surface area contributed by atoms with Crippen molar-refractivity contribution in [2.24, 2.45) is 5.92 Å². The van der Waals surface area contributed by atoms with E-state index in [2.05, 4.69) is 47.8 Å². The third kappa shape index (κ3) is 3.38. The summed E-state index contributed by atoms with van der Waals surface area (Å²) in [7, 11) is 2.10. The summed E-state index contributed by atoms with van der Waals surface area (Å²) in [6.07, 6.45) is 2.71. The first kappa shape index (κ1) is 15.2. The number of benzene rings is 1. The van der Waals surface area contributed by atoms with Gasteiger partial charge in [-0.25, -0.2) is 9.97 Å². The van der Waals surface area contributed by atoms with Gasteiger partial charge in [0.1, 0.15) is 0 Å². The van der Waals surface area contributed by atoms with Crippen molar-refractivity contribution in [2.45, 2.75) is 26.7 Å².